The highest BCUT2D eigenvalue weighted by Crippen LogP contribution is 2.40. The third kappa shape index (κ3) is 9.23. The second-order valence-corrected chi connectivity index (χ2v) is 10.7. The van der Waals surface area contributed by atoms with Crippen molar-refractivity contribution < 1.29 is 18.0 Å². The molecule has 0 spiro atoms. The summed E-state index contributed by atoms with van der Waals surface area (Å²) in [7, 11) is 0. The Bertz CT molecular complexity index is 887. The molecule has 0 aromatic rings. The first kappa shape index (κ1) is 28.7. The third-order valence-electron chi connectivity index (χ3n) is 6.11. The van der Waals surface area contributed by atoms with Crippen molar-refractivity contribution in [1.82, 2.24) is 4.90 Å². The lowest BCUT2D eigenvalue weighted by atomic mass is 9.72. The van der Waals surface area contributed by atoms with Gasteiger partial charge in [0.2, 0.25) is 0 Å². The van der Waals surface area contributed by atoms with Crippen molar-refractivity contribution >= 4 is 5.91 Å². The Balaban J connectivity index is 2.92. The highest BCUT2D eigenvalue weighted by Gasteiger charge is 2.41. The van der Waals surface area contributed by atoms with Crippen molar-refractivity contribution in [1.29, 1.82) is 0 Å². The summed E-state index contributed by atoms with van der Waals surface area (Å²) in [6, 6.07) is 0. The molecule has 0 saturated heterocycles. The molecule has 184 valence electrons. The van der Waals surface area contributed by atoms with Crippen LogP contribution in [0.15, 0.2) is 70.9 Å². The van der Waals surface area contributed by atoms with Gasteiger partial charge in [0.05, 0.1) is 6.54 Å². The van der Waals surface area contributed by atoms with E-state index in [4.69, 9.17) is 0 Å². The van der Waals surface area contributed by atoms with Gasteiger partial charge in [-0.3, -0.25) is 4.79 Å². The van der Waals surface area contributed by atoms with Crippen molar-refractivity contribution in [3.63, 3.8) is 0 Å². The number of amides is 1. The average Bonchev–Trinajstić information content (AvgIpc) is 2.62. The van der Waals surface area contributed by atoms with Crippen LogP contribution in [-0.2, 0) is 4.79 Å². The predicted octanol–water partition coefficient (Wildman–Crippen LogP) is 8.47. The maximum atomic E-state index is 13.4. The van der Waals surface area contributed by atoms with Crippen LogP contribution in [-0.4, -0.2) is 23.7 Å². The molecule has 0 atom stereocenters. The molecular weight excluding hydrogens is 423 g/mol. The van der Waals surface area contributed by atoms with E-state index in [1.807, 2.05) is 13.0 Å². The van der Waals surface area contributed by atoms with Crippen molar-refractivity contribution in [2.24, 2.45) is 10.8 Å². The molecule has 1 rings (SSSR count). The molecular formula is C28H40F3NO. The Morgan fingerprint density at radius 1 is 1.12 bits per heavy atom. The SMILES string of the molecule is C=C(CN(C(=O)/C=C(C)/C=C/C=C(C)\C=C\C1=C(C)CCCC1(C)C)C(F)(F)F)C(C)(C)C. The molecule has 0 heterocycles. The van der Waals surface area contributed by atoms with Crippen LogP contribution in [0.5, 0.6) is 0 Å². The summed E-state index contributed by atoms with van der Waals surface area (Å²) in [4.78, 5) is 12.3. The minimum atomic E-state index is -4.77. The molecule has 0 radical (unpaired) electrons. The summed E-state index contributed by atoms with van der Waals surface area (Å²) >= 11 is 0. The zero-order valence-corrected chi connectivity index (χ0v) is 21.5. The lowest BCUT2D eigenvalue weighted by Gasteiger charge is -2.32. The lowest BCUT2D eigenvalue weighted by Crippen LogP contribution is -2.44. The Kier molecular flexibility index (Phi) is 9.77. The van der Waals surface area contributed by atoms with Gasteiger partial charge in [-0.2, -0.15) is 0 Å². The van der Waals surface area contributed by atoms with E-state index in [9.17, 15) is 18.0 Å². The number of allylic oxidation sites excluding steroid dienone is 9. The quantitative estimate of drug-likeness (QED) is 0.160. The molecule has 0 unspecified atom stereocenters. The van der Waals surface area contributed by atoms with Crippen LogP contribution in [0.4, 0.5) is 13.2 Å². The molecule has 1 aliphatic rings. The third-order valence-corrected chi connectivity index (χ3v) is 6.11. The van der Waals surface area contributed by atoms with E-state index >= 15 is 0 Å². The van der Waals surface area contributed by atoms with E-state index in [1.165, 1.54) is 24.0 Å². The van der Waals surface area contributed by atoms with Gasteiger partial charge >= 0.3 is 6.30 Å². The van der Waals surface area contributed by atoms with Gasteiger partial charge in [0.1, 0.15) is 0 Å². The first-order valence-corrected chi connectivity index (χ1v) is 11.4. The van der Waals surface area contributed by atoms with Crippen LogP contribution in [0, 0.1) is 10.8 Å². The molecule has 2 nitrogen and oxygen atoms in total. The van der Waals surface area contributed by atoms with Gasteiger partial charge in [0.15, 0.2) is 0 Å². The van der Waals surface area contributed by atoms with E-state index in [-0.39, 0.29) is 10.3 Å². The Hall–Kier alpha value is -2.30. The standard InChI is InChI=1S/C28H40F3NO/c1-20(15-16-24-22(3)14-11-17-27(24,8)9)12-10-13-21(2)18-25(33)32(28(29,30)31)19-23(4)26(5,6)7/h10,12-13,15-16,18H,4,11,14,17,19H2,1-3,5-9H3/b13-10+,16-15+,20-12-,21-18+. The smallest absolute Gasteiger partial charge is 0.269 e. The number of halogens is 3. The monoisotopic (exact) mass is 463 g/mol. The number of alkyl halides is 3. The molecule has 0 N–H and O–H groups in total. The molecule has 0 bridgehead atoms. The maximum Gasteiger partial charge on any atom is 0.487 e. The summed E-state index contributed by atoms with van der Waals surface area (Å²) in [5, 5.41) is 0. The molecule has 0 fully saturated rings. The van der Waals surface area contributed by atoms with Gasteiger partial charge in [-0.15, -0.1) is 13.2 Å². The van der Waals surface area contributed by atoms with Crippen LogP contribution in [0.2, 0.25) is 0 Å². The molecule has 1 amide bonds. The van der Waals surface area contributed by atoms with Gasteiger partial charge in [-0.1, -0.05) is 88.3 Å². The van der Waals surface area contributed by atoms with Gasteiger partial charge in [0, 0.05) is 6.08 Å². The molecule has 33 heavy (non-hydrogen) atoms. The topological polar surface area (TPSA) is 20.3 Å². The summed E-state index contributed by atoms with van der Waals surface area (Å²) in [6.07, 6.45) is 9.25. The zero-order chi connectivity index (χ0) is 25.6. The molecule has 0 aliphatic heterocycles. The van der Waals surface area contributed by atoms with Gasteiger partial charge in [0.25, 0.3) is 5.91 Å². The van der Waals surface area contributed by atoms with Crippen LogP contribution < -0.4 is 0 Å². The Labute approximate surface area is 198 Å². The zero-order valence-electron chi connectivity index (χ0n) is 21.5. The predicted molar refractivity (Wildman–Crippen MR) is 132 cm³/mol. The molecule has 0 aromatic carbocycles. The van der Waals surface area contributed by atoms with Crippen molar-refractivity contribution in [2.45, 2.75) is 81.0 Å². The van der Waals surface area contributed by atoms with Crippen molar-refractivity contribution in [3.8, 4) is 0 Å². The maximum absolute atomic E-state index is 13.4. The number of carbonyl (C=O) groups is 1. The first-order chi connectivity index (χ1) is 14.9. The highest BCUT2D eigenvalue weighted by atomic mass is 19.4. The van der Waals surface area contributed by atoms with Crippen LogP contribution in [0.1, 0.15) is 74.7 Å². The normalized spacial score (nSPS) is 18.4. The fraction of sp³-hybridized carbons (Fsp3) is 0.536. The number of hydrogen-bond acceptors (Lipinski definition) is 1. The van der Waals surface area contributed by atoms with E-state index < -0.39 is 24.2 Å². The molecule has 1 aliphatic carbocycles. The number of nitrogens with zero attached hydrogens (tertiary/aromatic N) is 1. The van der Waals surface area contributed by atoms with E-state index in [1.54, 1.807) is 39.8 Å². The molecule has 5 heteroatoms. The van der Waals surface area contributed by atoms with E-state index in [0.717, 1.165) is 18.1 Å². The van der Waals surface area contributed by atoms with Gasteiger partial charge < -0.3 is 0 Å². The van der Waals surface area contributed by atoms with Gasteiger partial charge in [-0.25, -0.2) is 4.90 Å². The summed E-state index contributed by atoms with van der Waals surface area (Å²) < 4.78 is 40.3. The summed E-state index contributed by atoms with van der Waals surface area (Å²) in [5.41, 5.74) is 4.23. The number of rotatable bonds is 7. The number of hydrogen-bond donors (Lipinski definition) is 0. The van der Waals surface area contributed by atoms with Crippen molar-refractivity contribution in [3.05, 3.63) is 70.9 Å². The second-order valence-electron chi connectivity index (χ2n) is 10.7. The minimum Gasteiger partial charge on any atom is -0.269 e. The van der Waals surface area contributed by atoms with Crippen molar-refractivity contribution in [2.75, 3.05) is 6.54 Å². The fourth-order valence-electron chi connectivity index (χ4n) is 3.67. The average molecular weight is 464 g/mol. The van der Waals surface area contributed by atoms with Gasteiger partial charge in [-0.05, 0) is 62.0 Å². The summed E-state index contributed by atoms with van der Waals surface area (Å²) in [5.74, 6) is -1.10. The summed E-state index contributed by atoms with van der Waals surface area (Å²) in [6.45, 7) is 18.8. The van der Waals surface area contributed by atoms with E-state index in [2.05, 4.69) is 39.5 Å². The second kappa shape index (κ2) is 11.2. The lowest BCUT2D eigenvalue weighted by molar-refractivity contribution is -0.236. The van der Waals surface area contributed by atoms with Crippen LogP contribution in [0.25, 0.3) is 0 Å². The van der Waals surface area contributed by atoms with E-state index in [0.29, 0.717) is 11.1 Å². The molecule has 0 saturated carbocycles. The highest BCUT2D eigenvalue weighted by molar-refractivity contribution is 5.89. The number of carbonyl (C=O) groups excluding carboxylic acids is 1. The fourth-order valence-corrected chi connectivity index (χ4v) is 3.67. The minimum absolute atomic E-state index is 0.0935. The Morgan fingerprint density at radius 3 is 2.24 bits per heavy atom. The Morgan fingerprint density at radius 2 is 1.73 bits per heavy atom. The molecule has 0 aromatic heterocycles. The first-order valence-electron chi connectivity index (χ1n) is 11.4. The largest absolute Gasteiger partial charge is 0.487 e. The van der Waals surface area contributed by atoms with Crippen LogP contribution >= 0.6 is 0 Å². The van der Waals surface area contributed by atoms with Crippen LogP contribution in [0.3, 0.4) is 0 Å².